The molecule has 1 aliphatic heterocycles. The first kappa shape index (κ1) is 18.8. The van der Waals surface area contributed by atoms with E-state index in [9.17, 15) is 9.18 Å². The molecule has 1 amide bonds. The van der Waals surface area contributed by atoms with E-state index in [1.54, 1.807) is 33.8 Å². The fraction of sp³-hybridized carbons (Fsp3) is 0.467. The first-order valence-corrected chi connectivity index (χ1v) is 8.32. The van der Waals surface area contributed by atoms with Crippen LogP contribution in [0.15, 0.2) is 22.7 Å². The van der Waals surface area contributed by atoms with E-state index in [1.165, 1.54) is 17.8 Å². The molecule has 1 aromatic carbocycles. The van der Waals surface area contributed by atoms with E-state index in [-0.39, 0.29) is 16.4 Å². The molecular formula is C15H18BrFN2O2S. The number of amides is 1. The lowest BCUT2D eigenvalue weighted by Crippen LogP contribution is -2.34. The number of ether oxygens (including phenoxy) is 1. The van der Waals surface area contributed by atoms with E-state index in [0.29, 0.717) is 5.56 Å². The van der Waals surface area contributed by atoms with Crippen molar-refractivity contribution in [1.82, 2.24) is 5.32 Å². The first-order chi connectivity index (χ1) is 10.1. The van der Waals surface area contributed by atoms with Gasteiger partial charge in [-0.2, -0.15) is 5.26 Å². The quantitative estimate of drug-likeness (QED) is 0.725. The van der Waals surface area contributed by atoms with Gasteiger partial charge in [-0.15, -0.1) is 11.8 Å². The van der Waals surface area contributed by atoms with Gasteiger partial charge in [-0.1, -0.05) is 22.0 Å². The Morgan fingerprint density at radius 3 is 2.55 bits per heavy atom. The molecule has 0 bridgehead atoms. The van der Waals surface area contributed by atoms with Gasteiger partial charge in [0, 0.05) is 4.47 Å². The second kappa shape index (κ2) is 7.84. The van der Waals surface area contributed by atoms with Crippen molar-refractivity contribution in [3.8, 4) is 6.07 Å². The average Bonchev–Trinajstić information content (AvgIpc) is 3.11. The topological polar surface area (TPSA) is 62.1 Å². The third kappa shape index (κ3) is 7.14. The van der Waals surface area contributed by atoms with Crippen LogP contribution >= 0.6 is 27.7 Å². The summed E-state index contributed by atoms with van der Waals surface area (Å²) in [6.07, 6.45) is -0.456. The molecule has 1 heterocycles. The minimum absolute atomic E-state index is 0.0835. The zero-order valence-electron chi connectivity index (χ0n) is 12.8. The van der Waals surface area contributed by atoms with Gasteiger partial charge in [0.15, 0.2) is 0 Å². The molecule has 0 radical (unpaired) electrons. The van der Waals surface area contributed by atoms with Crippen LogP contribution < -0.4 is 5.32 Å². The maximum atomic E-state index is 12.5. The lowest BCUT2D eigenvalue weighted by Gasteiger charge is -2.19. The van der Waals surface area contributed by atoms with Crippen molar-refractivity contribution in [2.45, 2.75) is 43.9 Å². The van der Waals surface area contributed by atoms with E-state index < -0.39 is 11.7 Å². The molecule has 2 unspecified atom stereocenters. The molecule has 2 rings (SSSR count). The van der Waals surface area contributed by atoms with Crippen molar-refractivity contribution in [1.29, 1.82) is 5.26 Å². The summed E-state index contributed by atoms with van der Waals surface area (Å²) in [5.74, 6) is -0.163. The number of hydrogen-bond acceptors (Lipinski definition) is 4. The van der Waals surface area contributed by atoms with Crippen LogP contribution in [-0.2, 0) is 4.74 Å². The number of rotatable bonds is 1. The molecule has 0 aliphatic carbocycles. The Hall–Kier alpha value is -1.26. The molecule has 2 atom stereocenters. The SMILES string of the molecule is CC(C)(C)OC(=O)NC1SC1C#N.Cc1ccc(Br)cc1F. The second-order valence-electron chi connectivity index (χ2n) is 5.65. The van der Waals surface area contributed by atoms with Gasteiger partial charge < -0.3 is 10.1 Å². The molecule has 120 valence electrons. The average molecular weight is 389 g/mol. The highest BCUT2D eigenvalue weighted by molar-refractivity contribution is 9.10. The summed E-state index contributed by atoms with van der Waals surface area (Å²) >= 11 is 4.57. The predicted molar refractivity (Wildman–Crippen MR) is 89.0 cm³/mol. The maximum Gasteiger partial charge on any atom is 0.408 e. The highest BCUT2D eigenvalue weighted by Crippen LogP contribution is 2.38. The van der Waals surface area contributed by atoms with E-state index in [1.807, 2.05) is 12.1 Å². The molecule has 0 aromatic heterocycles. The smallest absolute Gasteiger partial charge is 0.408 e. The number of benzene rings is 1. The summed E-state index contributed by atoms with van der Waals surface area (Å²) in [5, 5.41) is 10.9. The molecule has 7 heteroatoms. The lowest BCUT2D eigenvalue weighted by atomic mass is 10.2. The normalized spacial score (nSPS) is 19.3. The number of nitriles is 1. The molecule has 1 saturated heterocycles. The fourth-order valence-corrected chi connectivity index (χ4v) is 2.22. The summed E-state index contributed by atoms with van der Waals surface area (Å²) < 4.78 is 18.3. The summed E-state index contributed by atoms with van der Waals surface area (Å²) in [4.78, 5) is 11.1. The monoisotopic (exact) mass is 388 g/mol. The van der Waals surface area contributed by atoms with E-state index in [0.717, 1.165) is 4.47 Å². The highest BCUT2D eigenvalue weighted by Gasteiger charge is 2.40. The van der Waals surface area contributed by atoms with Crippen LogP contribution in [0.1, 0.15) is 26.3 Å². The van der Waals surface area contributed by atoms with Crippen LogP contribution in [0.2, 0.25) is 0 Å². The number of nitrogens with one attached hydrogen (secondary N) is 1. The van der Waals surface area contributed by atoms with Crippen LogP contribution in [0.3, 0.4) is 0 Å². The summed E-state index contributed by atoms with van der Waals surface area (Å²) in [5.41, 5.74) is 0.199. The molecule has 1 aliphatic rings. The maximum absolute atomic E-state index is 12.5. The Labute approximate surface area is 142 Å². The van der Waals surface area contributed by atoms with Gasteiger partial charge in [-0.3, -0.25) is 0 Å². The number of alkyl carbamates (subject to hydrolysis) is 1. The third-order valence-corrected chi connectivity index (χ3v) is 3.94. The van der Waals surface area contributed by atoms with E-state index in [4.69, 9.17) is 10.00 Å². The Morgan fingerprint density at radius 1 is 1.50 bits per heavy atom. The number of nitrogens with zero attached hydrogens (tertiary/aromatic N) is 1. The van der Waals surface area contributed by atoms with Crippen molar-refractivity contribution < 1.29 is 13.9 Å². The van der Waals surface area contributed by atoms with Crippen molar-refractivity contribution in [3.05, 3.63) is 34.1 Å². The van der Waals surface area contributed by atoms with Gasteiger partial charge in [0.05, 0.1) is 6.07 Å². The summed E-state index contributed by atoms with van der Waals surface area (Å²) in [6, 6.07) is 7.06. The van der Waals surface area contributed by atoms with Crippen LogP contribution in [-0.4, -0.2) is 22.3 Å². The standard InChI is InChI=1S/C8H12N2O2S.C7H6BrF/c1-8(2,3)12-7(11)10-6-5(4-9)13-6;1-5-2-3-6(8)4-7(5)9/h5-6H,1-3H3,(H,10,11);2-4H,1H3. The van der Waals surface area contributed by atoms with Crippen molar-refractivity contribution >= 4 is 33.8 Å². The van der Waals surface area contributed by atoms with Crippen molar-refractivity contribution in [2.24, 2.45) is 0 Å². The number of halogens is 2. The predicted octanol–water partition coefficient (Wildman–Crippen LogP) is 4.37. The minimum Gasteiger partial charge on any atom is -0.444 e. The van der Waals surface area contributed by atoms with Crippen LogP contribution in [0.5, 0.6) is 0 Å². The molecule has 1 N–H and O–H groups in total. The van der Waals surface area contributed by atoms with Gasteiger partial charge in [0.1, 0.15) is 22.0 Å². The van der Waals surface area contributed by atoms with Gasteiger partial charge in [0.2, 0.25) is 0 Å². The highest BCUT2D eigenvalue weighted by atomic mass is 79.9. The van der Waals surface area contributed by atoms with Gasteiger partial charge >= 0.3 is 6.09 Å². The van der Waals surface area contributed by atoms with Gasteiger partial charge in [-0.25, -0.2) is 9.18 Å². The number of hydrogen-bond donors (Lipinski definition) is 1. The van der Waals surface area contributed by atoms with Crippen molar-refractivity contribution in [2.75, 3.05) is 0 Å². The van der Waals surface area contributed by atoms with Crippen LogP contribution in [0.25, 0.3) is 0 Å². The van der Waals surface area contributed by atoms with E-state index in [2.05, 4.69) is 21.2 Å². The molecular weight excluding hydrogens is 371 g/mol. The second-order valence-corrected chi connectivity index (χ2v) is 7.85. The lowest BCUT2D eigenvalue weighted by molar-refractivity contribution is 0.0528. The Bertz CT molecular complexity index is 584. The van der Waals surface area contributed by atoms with Crippen LogP contribution in [0, 0.1) is 24.1 Å². The molecule has 0 spiro atoms. The third-order valence-electron chi connectivity index (χ3n) is 2.41. The van der Waals surface area contributed by atoms with E-state index >= 15 is 0 Å². The molecule has 1 fully saturated rings. The van der Waals surface area contributed by atoms with Gasteiger partial charge in [-0.05, 0) is 45.4 Å². The molecule has 4 nitrogen and oxygen atoms in total. The molecule has 0 saturated carbocycles. The Balaban J connectivity index is 0.000000235. The van der Waals surface area contributed by atoms with Gasteiger partial charge in [0.25, 0.3) is 0 Å². The number of thioether (sulfide) groups is 1. The number of aryl methyl sites for hydroxylation is 1. The molecule has 1 aromatic rings. The van der Waals surface area contributed by atoms with Crippen LogP contribution in [0.4, 0.5) is 9.18 Å². The zero-order valence-corrected chi connectivity index (χ0v) is 15.2. The summed E-state index contributed by atoms with van der Waals surface area (Å²) in [7, 11) is 0. The Morgan fingerprint density at radius 2 is 2.14 bits per heavy atom. The first-order valence-electron chi connectivity index (χ1n) is 6.58. The fourth-order valence-electron chi connectivity index (χ4n) is 1.31. The Kier molecular flexibility index (Phi) is 6.69. The minimum atomic E-state index is -0.480. The number of carbonyl (C=O) groups is 1. The molecule has 22 heavy (non-hydrogen) atoms. The van der Waals surface area contributed by atoms with Crippen molar-refractivity contribution in [3.63, 3.8) is 0 Å². The largest absolute Gasteiger partial charge is 0.444 e. The zero-order chi connectivity index (χ0) is 16.9. The summed E-state index contributed by atoms with van der Waals surface area (Å²) in [6.45, 7) is 7.14. The number of carbonyl (C=O) groups excluding carboxylic acids is 1.